The second kappa shape index (κ2) is 9.63. The number of fused-ring (bicyclic) bond motifs is 2. The SMILES string of the molecule is CCNC(=S)N(CCCN1CCOCC1)Cc1cc2cc3c(cc2[nH]c1=O)OCO3. The lowest BCUT2D eigenvalue weighted by Crippen LogP contribution is -2.42. The molecule has 4 rings (SSSR count). The van der Waals surface area contributed by atoms with E-state index in [2.05, 4.69) is 20.1 Å². The zero-order valence-corrected chi connectivity index (χ0v) is 18.1. The fourth-order valence-electron chi connectivity index (χ4n) is 3.79. The van der Waals surface area contributed by atoms with Crippen LogP contribution in [0.4, 0.5) is 0 Å². The molecule has 1 aromatic carbocycles. The molecule has 0 radical (unpaired) electrons. The number of rotatable bonds is 7. The largest absolute Gasteiger partial charge is 0.454 e. The number of ether oxygens (including phenoxy) is 3. The molecule has 2 aliphatic heterocycles. The molecular weight excluding hydrogens is 404 g/mol. The van der Waals surface area contributed by atoms with Crippen LogP contribution >= 0.6 is 12.2 Å². The molecule has 2 aromatic rings. The van der Waals surface area contributed by atoms with Crippen molar-refractivity contribution in [2.24, 2.45) is 0 Å². The molecule has 1 saturated heterocycles. The van der Waals surface area contributed by atoms with Crippen LogP contribution in [0.25, 0.3) is 10.9 Å². The van der Waals surface area contributed by atoms with Gasteiger partial charge in [0, 0.05) is 49.7 Å². The van der Waals surface area contributed by atoms with Crippen LogP contribution in [-0.4, -0.2) is 72.6 Å². The number of pyridine rings is 1. The van der Waals surface area contributed by atoms with Crippen LogP contribution in [0.1, 0.15) is 18.9 Å². The number of nitrogens with zero attached hydrogens (tertiary/aromatic N) is 2. The zero-order chi connectivity index (χ0) is 20.9. The van der Waals surface area contributed by atoms with E-state index in [0.717, 1.165) is 63.3 Å². The smallest absolute Gasteiger partial charge is 0.253 e. The van der Waals surface area contributed by atoms with E-state index in [0.29, 0.717) is 28.7 Å². The quantitative estimate of drug-likeness (QED) is 0.640. The van der Waals surface area contributed by atoms with E-state index in [9.17, 15) is 4.79 Å². The van der Waals surface area contributed by atoms with Gasteiger partial charge in [-0.2, -0.15) is 0 Å². The van der Waals surface area contributed by atoms with Gasteiger partial charge >= 0.3 is 0 Å². The maximum Gasteiger partial charge on any atom is 0.253 e. The molecule has 2 N–H and O–H groups in total. The Morgan fingerprint density at radius 2 is 2.00 bits per heavy atom. The number of thiocarbonyl (C=S) groups is 1. The Hall–Kier alpha value is -2.36. The second-order valence-corrected chi connectivity index (χ2v) is 7.87. The Kier molecular flexibility index (Phi) is 6.71. The van der Waals surface area contributed by atoms with Gasteiger partial charge in [0.2, 0.25) is 6.79 Å². The first-order valence-electron chi connectivity index (χ1n) is 10.4. The summed E-state index contributed by atoms with van der Waals surface area (Å²) in [5.74, 6) is 1.36. The third kappa shape index (κ3) is 4.85. The number of hydrogen-bond acceptors (Lipinski definition) is 6. The predicted octanol–water partition coefficient (Wildman–Crippen LogP) is 1.68. The minimum atomic E-state index is -0.112. The van der Waals surface area contributed by atoms with Gasteiger partial charge < -0.3 is 29.4 Å². The number of morpholine rings is 1. The van der Waals surface area contributed by atoms with E-state index >= 15 is 0 Å². The fraction of sp³-hybridized carbons (Fsp3) is 0.524. The monoisotopic (exact) mass is 432 g/mol. The van der Waals surface area contributed by atoms with Crippen molar-refractivity contribution >= 4 is 28.2 Å². The number of nitrogens with one attached hydrogen (secondary N) is 2. The average molecular weight is 433 g/mol. The van der Waals surface area contributed by atoms with Gasteiger partial charge in [-0.05, 0) is 37.7 Å². The summed E-state index contributed by atoms with van der Waals surface area (Å²) in [5.41, 5.74) is 1.30. The summed E-state index contributed by atoms with van der Waals surface area (Å²) >= 11 is 5.58. The van der Waals surface area contributed by atoms with Crippen molar-refractivity contribution in [2.45, 2.75) is 19.9 Å². The first-order valence-corrected chi connectivity index (χ1v) is 10.8. The van der Waals surface area contributed by atoms with Gasteiger partial charge in [0.25, 0.3) is 5.56 Å². The molecule has 30 heavy (non-hydrogen) atoms. The number of H-pyrrole nitrogens is 1. The van der Waals surface area contributed by atoms with Gasteiger partial charge in [0.15, 0.2) is 16.6 Å². The predicted molar refractivity (Wildman–Crippen MR) is 119 cm³/mol. The Balaban J connectivity index is 1.48. The highest BCUT2D eigenvalue weighted by Gasteiger charge is 2.18. The Labute approximate surface area is 181 Å². The standard InChI is InChI=1S/C21H28N4O4S/c1-2-22-21(30)25(5-3-4-24-6-8-27-9-7-24)13-16-10-15-11-18-19(29-14-28-18)12-17(15)23-20(16)26/h10-12H,2-9,13-14H2,1H3,(H,22,30)(H,23,26). The molecule has 1 aromatic heterocycles. The fourth-order valence-corrected chi connectivity index (χ4v) is 4.09. The summed E-state index contributed by atoms with van der Waals surface area (Å²) in [7, 11) is 0. The summed E-state index contributed by atoms with van der Waals surface area (Å²) in [4.78, 5) is 20.2. The van der Waals surface area contributed by atoms with Crippen molar-refractivity contribution in [3.05, 3.63) is 34.1 Å². The average Bonchev–Trinajstić information content (AvgIpc) is 3.20. The van der Waals surface area contributed by atoms with Crippen LogP contribution in [0.3, 0.4) is 0 Å². The lowest BCUT2D eigenvalue weighted by atomic mass is 10.1. The third-order valence-corrected chi connectivity index (χ3v) is 5.80. The molecule has 162 valence electrons. The minimum Gasteiger partial charge on any atom is -0.454 e. The Morgan fingerprint density at radius 1 is 1.23 bits per heavy atom. The van der Waals surface area contributed by atoms with E-state index in [1.54, 1.807) is 0 Å². The van der Waals surface area contributed by atoms with Crippen LogP contribution in [-0.2, 0) is 11.3 Å². The zero-order valence-electron chi connectivity index (χ0n) is 17.2. The van der Waals surface area contributed by atoms with Crippen LogP contribution in [0.5, 0.6) is 11.5 Å². The Morgan fingerprint density at radius 3 is 2.77 bits per heavy atom. The molecule has 0 saturated carbocycles. The van der Waals surface area contributed by atoms with Crippen molar-refractivity contribution in [2.75, 3.05) is 52.7 Å². The van der Waals surface area contributed by atoms with Crippen molar-refractivity contribution in [3.8, 4) is 11.5 Å². The molecule has 1 fully saturated rings. The van der Waals surface area contributed by atoms with E-state index in [4.69, 9.17) is 26.4 Å². The highest BCUT2D eigenvalue weighted by Crippen LogP contribution is 2.35. The topological polar surface area (TPSA) is 79.1 Å². The molecule has 0 amide bonds. The van der Waals surface area contributed by atoms with Gasteiger partial charge in [-0.25, -0.2) is 0 Å². The summed E-state index contributed by atoms with van der Waals surface area (Å²) in [6.45, 7) is 8.73. The first-order chi connectivity index (χ1) is 14.6. The van der Waals surface area contributed by atoms with Crippen LogP contribution in [0.2, 0.25) is 0 Å². The highest BCUT2D eigenvalue weighted by atomic mass is 32.1. The molecule has 3 heterocycles. The summed E-state index contributed by atoms with van der Waals surface area (Å²) < 4.78 is 16.3. The van der Waals surface area contributed by atoms with Gasteiger partial charge in [-0.15, -0.1) is 0 Å². The van der Waals surface area contributed by atoms with E-state index in [-0.39, 0.29) is 12.4 Å². The van der Waals surface area contributed by atoms with Gasteiger partial charge in [-0.1, -0.05) is 0 Å². The maximum absolute atomic E-state index is 12.7. The summed E-state index contributed by atoms with van der Waals surface area (Å²) in [5, 5.41) is 4.80. The third-order valence-electron chi connectivity index (χ3n) is 5.40. The number of aromatic nitrogens is 1. The van der Waals surface area contributed by atoms with Gasteiger partial charge in [-0.3, -0.25) is 9.69 Å². The summed E-state index contributed by atoms with van der Waals surface area (Å²) in [6.07, 6.45) is 0.968. The lowest BCUT2D eigenvalue weighted by Gasteiger charge is -2.29. The Bertz CT molecular complexity index is 958. The molecule has 2 aliphatic rings. The molecule has 0 bridgehead atoms. The summed E-state index contributed by atoms with van der Waals surface area (Å²) in [6, 6.07) is 5.63. The molecule has 0 unspecified atom stereocenters. The second-order valence-electron chi connectivity index (χ2n) is 7.48. The molecule has 0 spiro atoms. The van der Waals surface area contributed by atoms with E-state index < -0.39 is 0 Å². The number of benzene rings is 1. The number of aromatic amines is 1. The maximum atomic E-state index is 12.7. The molecule has 8 nitrogen and oxygen atoms in total. The van der Waals surface area contributed by atoms with Crippen molar-refractivity contribution < 1.29 is 14.2 Å². The lowest BCUT2D eigenvalue weighted by molar-refractivity contribution is 0.0367. The van der Waals surface area contributed by atoms with Crippen LogP contribution < -0.4 is 20.3 Å². The first kappa shape index (κ1) is 20.9. The minimum absolute atomic E-state index is 0.112. The normalized spacial score (nSPS) is 16.0. The van der Waals surface area contributed by atoms with Crippen molar-refractivity contribution in [1.82, 2.24) is 20.1 Å². The highest BCUT2D eigenvalue weighted by molar-refractivity contribution is 7.80. The van der Waals surface area contributed by atoms with E-state index in [1.807, 2.05) is 25.1 Å². The molecular formula is C21H28N4O4S. The molecule has 0 atom stereocenters. The van der Waals surface area contributed by atoms with Gasteiger partial charge in [0.1, 0.15) is 0 Å². The van der Waals surface area contributed by atoms with Crippen molar-refractivity contribution in [3.63, 3.8) is 0 Å². The molecule has 0 aliphatic carbocycles. The van der Waals surface area contributed by atoms with E-state index in [1.165, 1.54) is 0 Å². The van der Waals surface area contributed by atoms with Gasteiger partial charge in [0.05, 0.1) is 25.3 Å². The van der Waals surface area contributed by atoms with Crippen molar-refractivity contribution in [1.29, 1.82) is 0 Å². The van der Waals surface area contributed by atoms with Crippen LogP contribution in [0, 0.1) is 0 Å². The van der Waals surface area contributed by atoms with Crippen LogP contribution in [0.15, 0.2) is 23.0 Å². The molecule has 9 heteroatoms. The number of hydrogen-bond donors (Lipinski definition) is 2.